The van der Waals surface area contributed by atoms with Crippen LogP contribution in [-0.2, 0) is 25.5 Å². The molecule has 1 aromatic rings. The predicted octanol–water partition coefficient (Wildman–Crippen LogP) is 2.10. The van der Waals surface area contributed by atoms with Gasteiger partial charge < -0.3 is 14.8 Å². The van der Waals surface area contributed by atoms with Gasteiger partial charge in [-0.25, -0.2) is 14.0 Å². The second kappa shape index (κ2) is 9.68. The van der Waals surface area contributed by atoms with Crippen LogP contribution in [0.5, 0.6) is 0 Å². The molecule has 124 valence electrons. The van der Waals surface area contributed by atoms with Crippen LogP contribution in [0.1, 0.15) is 12.5 Å². The van der Waals surface area contributed by atoms with Crippen LogP contribution in [-0.4, -0.2) is 36.7 Å². The molecule has 0 saturated heterocycles. The van der Waals surface area contributed by atoms with Gasteiger partial charge in [-0.15, -0.1) is 0 Å². The van der Waals surface area contributed by atoms with Crippen molar-refractivity contribution in [2.24, 2.45) is 0 Å². The highest BCUT2D eigenvalue weighted by atomic mass is 32.1. The summed E-state index contributed by atoms with van der Waals surface area (Å²) >= 11 is 4.87. The highest BCUT2D eigenvalue weighted by Crippen LogP contribution is 2.07. The molecule has 0 bridgehead atoms. The van der Waals surface area contributed by atoms with Crippen molar-refractivity contribution in [2.75, 3.05) is 13.7 Å². The van der Waals surface area contributed by atoms with Gasteiger partial charge in [0.2, 0.25) is 0 Å². The molecule has 0 unspecified atom stereocenters. The quantitative estimate of drug-likeness (QED) is 0.466. The Bertz CT molecular complexity index is 589. The summed E-state index contributed by atoms with van der Waals surface area (Å²) in [5.41, 5.74) is 0.855. The number of hydrogen-bond donors (Lipinski definition) is 1. The lowest BCUT2D eigenvalue weighted by Gasteiger charge is -2.17. The lowest BCUT2D eigenvalue weighted by Crippen LogP contribution is -2.42. The van der Waals surface area contributed by atoms with Crippen LogP contribution < -0.4 is 5.32 Å². The summed E-state index contributed by atoms with van der Waals surface area (Å²) in [6, 6.07) is 8.27. The number of thiocarbonyl (C=S) groups is 1. The molecule has 0 heterocycles. The van der Waals surface area contributed by atoms with Crippen LogP contribution in [0.2, 0.25) is 0 Å². The van der Waals surface area contributed by atoms with Crippen molar-refractivity contribution in [3.63, 3.8) is 0 Å². The van der Waals surface area contributed by atoms with E-state index in [1.165, 1.54) is 7.11 Å². The number of methoxy groups -OCH3 is 1. The lowest BCUT2D eigenvalue weighted by atomic mass is 10.1. The zero-order valence-corrected chi connectivity index (χ0v) is 13.7. The summed E-state index contributed by atoms with van der Waals surface area (Å²) in [6.07, 6.45) is 0.899. The predicted molar refractivity (Wildman–Crippen MR) is 87.5 cm³/mol. The molecule has 1 atom stereocenters. The fourth-order valence-electron chi connectivity index (χ4n) is 1.77. The number of nitrogens with one attached hydrogen (secondary N) is 1. The molecule has 0 spiro atoms. The SMILES string of the molecule is CCOC(=O)/C=C(/F)C(=S)N[C@H](Cc1ccccc1)C(=O)OC. The van der Waals surface area contributed by atoms with Crippen molar-refractivity contribution in [2.45, 2.75) is 19.4 Å². The number of rotatable bonds is 7. The third-order valence-electron chi connectivity index (χ3n) is 2.82. The first-order valence-electron chi connectivity index (χ1n) is 6.94. The number of hydrogen-bond acceptors (Lipinski definition) is 5. The van der Waals surface area contributed by atoms with E-state index in [2.05, 4.69) is 10.1 Å². The maximum atomic E-state index is 13.8. The van der Waals surface area contributed by atoms with Gasteiger partial charge in [0.05, 0.1) is 19.8 Å². The average molecular weight is 339 g/mol. The Kier molecular flexibility index (Phi) is 7.90. The smallest absolute Gasteiger partial charge is 0.333 e. The summed E-state index contributed by atoms with van der Waals surface area (Å²) in [6.45, 7) is 1.73. The molecule has 0 aliphatic rings. The molecular weight excluding hydrogens is 321 g/mol. The van der Waals surface area contributed by atoms with Crippen molar-refractivity contribution in [3.05, 3.63) is 47.8 Å². The monoisotopic (exact) mass is 339 g/mol. The van der Waals surface area contributed by atoms with Gasteiger partial charge in [0, 0.05) is 6.42 Å². The summed E-state index contributed by atoms with van der Waals surface area (Å²) in [7, 11) is 1.23. The summed E-state index contributed by atoms with van der Waals surface area (Å²) in [5.74, 6) is -2.40. The molecule has 23 heavy (non-hydrogen) atoms. The maximum Gasteiger partial charge on any atom is 0.333 e. The molecule has 1 aromatic carbocycles. The molecule has 7 heteroatoms. The van der Waals surface area contributed by atoms with Gasteiger partial charge >= 0.3 is 11.9 Å². The first kappa shape index (κ1) is 18.8. The van der Waals surface area contributed by atoms with Gasteiger partial charge in [-0.2, -0.15) is 0 Å². The molecule has 1 rings (SSSR count). The van der Waals surface area contributed by atoms with E-state index in [1.807, 2.05) is 30.3 Å². The number of halogens is 1. The van der Waals surface area contributed by atoms with Crippen molar-refractivity contribution >= 4 is 29.1 Å². The van der Waals surface area contributed by atoms with E-state index >= 15 is 0 Å². The lowest BCUT2D eigenvalue weighted by molar-refractivity contribution is -0.142. The van der Waals surface area contributed by atoms with E-state index < -0.39 is 23.8 Å². The second-order valence-electron chi connectivity index (χ2n) is 4.48. The highest BCUT2D eigenvalue weighted by molar-refractivity contribution is 7.80. The van der Waals surface area contributed by atoms with Gasteiger partial charge in [-0.05, 0) is 12.5 Å². The zero-order chi connectivity index (χ0) is 17.2. The first-order valence-corrected chi connectivity index (χ1v) is 7.35. The first-order chi connectivity index (χ1) is 11.0. The Balaban J connectivity index is 2.79. The number of carbonyl (C=O) groups excluding carboxylic acids is 2. The maximum absolute atomic E-state index is 13.8. The van der Waals surface area contributed by atoms with Crippen molar-refractivity contribution in [1.82, 2.24) is 5.32 Å². The standard InChI is InChI=1S/C16H18FNO4S/c1-3-22-14(19)10-12(17)15(23)18-13(16(20)21-2)9-11-7-5-4-6-8-11/h4-8,10,13H,3,9H2,1-2H3,(H,18,23)/b12-10+/t13-/m1/s1. The van der Waals surface area contributed by atoms with Crippen LogP contribution in [0.15, 0.2) is 42.2 Å². The Labute approximate surface area is 139 Å². The van der Waals surface area contributed by atoms with E-state index in [0.717, 1.165) is 5.56 Å². The Hall–Kier alpha value is -2.28. The van der Waals surface area contributed by atoms with Gasteiger partial charge in [-0.3, -0.25) is 0 Å². The number of carbonyl (C=O) groups is 2. The van der Waals surface area contributed by atoms with Gasteiger partial charge in [-0.1, -0.05) is 42.5 Å². The average Bonchev–Trinajstić information content (AvgIpc) is 2.54. The van der Waals surface area contributed by atoms with E-state index in [4.69, 9.17) is 17.0 Å². The van der Waals surface area contributed by atoms with Gasteiger partial charge in [0.25, 0.3) is 0 Å². The molecule has 0 aromatic heterocycles. The van der Waals surface area contributed by atoms with Crippen LogP contribution in [0.3, 0.4) is 0 Å². The van der Waals surface area contributed by atoms with Crippen LogP contribution in [0, 0.1) is 0 Å². The topological polar surface area (TPSA) is 64.6 Å². The Morgan fingerprint density at radius 3 is 2.57 bits per heavy atom. The molecule has 1 N–H and O–H groups in total. The third kappa shape index (κ3) is 6.56. The molecular formula is C16H18FNO4S. The van der Waals surface area contributed by atoms with Crippen molar-refractivity contribution in [1.29, 1.82) is 0 Å². The summed E-state index contributed by atoms with van der Waals surface area (Å²) < 4.78 is 23.1. The molecule has 5 nitrogen and oxygen atoms in total. The zero-order valence-electron chi connectivity index (χ0n) is 12.9. The van der Waals surface area contributed by atoms with Gasteiger partial charge in [0.15, 0.2) is 5.83 Å². The highest BCUT2D eigenvalue weighted by Gasteiger charge is 2.22. The fourth-order valence-corrected chi connectivity index (χ4v) is 1.97. The summed E-state index contributed by atoms with van der Waals surface area (Å²) in [5, 5.41) is 2.57. The van der Waals surface area contributed by atoms with E-state index in [9.17, 15) is 14.0 Å². The molecule has 0 aliphatic heterocycles. The van der Waals surface area contributed by atoms with Crippen molar-refractivity contribution in [3.8, 4) is 0 Å². The number of benzene rings is 1. The molecule has 0 saturated carbocycles. The largest absolute Gasteiger partial charge is 0.467 e. The Morgan fingerprint density at radius 1 is 1.35 bits per heavy atom. The fraction of sp³-hybridized carbons (Fsp3) is 0.312. The Morgan fingerprint density at radius 2 is 2.00 bits per heavy atom. The second-order valence-corrected chi connectivity index (χ2v) is 4.89. The minimum atomic E-state index is -0.972. The molecule has 0 fully saturated rings. The third-order valence-corrected chi connectivity index (χ3v) is 3.13. The van der Waals surface area contributed by atoms with E-state index in [-0.39, 0.29) is 18.0 Å². The molecule has 0 amide bonds. The summed E-state index contributed by atoms with van der Waals surface area (Å²) in [4.78, 5) is 22.7. The molecule has 0 aliphatic carbocycles. The van der Waals surface area contributed by atoms with Crippen LogP contribution >= 0.6 is 12.2 Å². The minimum Gasteiger partial charge on any atom is -0.467 e. The van der Waals surface area contributed by atoms with Crippen molar-refractivity contribution < 1.29 is 23.5 Å². The van der Waals surface area contributed by atoms with Crippen LogP contribution in [0.4, 0.5) is 4.39 Å². The van der Waals surface area contributed by atoms with E-state index in [1.54, 1.807) is 6.92 Å². The number of ether oxygens (including phenoxy) is 2. The van der Waals surface area contributed by atoms with Gasteiger partial charge in [0.1, 0.15) is 11.0 Å². The van der Waals surface area contributed by atoms with Crippen LogP contribution in [0.25, 0.3) is 0 Å². The minimum absolute atomic E-state index is 0.127. The number of esters is 2. The normalized spacial score (nSPS) is 12.2. The van der Waals surface area contributed by atoms with E-state index in [0.29, 0.717) is 6.08 Å². The molecule has 0 radical (unpaired) electrons.